The minimum atomic E-state index is -1.12. The summed E-state index contributed by atoms with van der Waals surface area (Å²) in [5, 5.41) is 7.27. The summed E-state index contributed by atoms with van der Waals surface area (Å²) in [5.41, 5.74) is 1.30. The molecule has 0 aliphatic heterocycles. The lowest BCUT2D eigenvalue weighted by atomic mass is 10.0. The van der Waals surface area contributed by atoms with E-state index in [0.717, 1.165) is 15.8 Å². The van der Waals surface area contributed by atoms with Crippen LogP contribution >= 0.6 is 35.3 Å². The van der Waals surface area contributed by atoms with E-state index in [4.69, 9.17) is 17.0 Å². The van der Waals surface area contributed by atoms with Crippen LogP contribution in [-0.2, 0) is 15.3 Å². The zero-order valence-electron chi connectivity index (χ0n) is 16.7. The number of rotatable bonds is 7. The number of nitrogens with one attached hydrogen (secondary N) is 1. The predicted octanol–water partition coefficient (Wildman–Crippen LogP) is 4.64. The molecule has 1 amide bonds. The zero-order valence-corrected chi connectivity index (χ0v) is 19.2. The molecule has 1 aromatic heterocycles. The molecule has 0 saturated carbocycles. The monoisotopic (exact) mass is 459 g/mol. The van der Waals surface area contributed by atoms with Crippen molar-refractivity contribution in [2.24, 2.45) is 0 Å². The summed E-state index contributed by atoms with van der Waals surface area (Å²) in [6, 6.07) is 17.1. The number of nitrogens with zero attached hydrogens (tertiary/aromatic N) is 2. The van der Waals surface area contributed by atoms with Crippen LogP contribution in [-0.4, -0.2) is 34.3 Å². The number of hydrogen-bond donors (Lipinski definition) is 1. The molecule has 3 rings (SSSR count). The highest BCUT2D eigenvalue weighted by Crippen LogP contribution is 2.27. The predicted molar refractivity (Wildman–Crippen MR) is 122 cm³/mol. The molecule has 0 saturated heterocycles. The van der Waals surface area contributed by atoms with Gasteiger partial charge in [0.1, 0.15) is 5.54 Å². The Morgan fingerprint density at radius 1 is 1.17 bits per heavy atom. The van der Waals surface area contributed by atoms with E-state index in [2.05, 4.69) is 22.5 Å². The van der Waals surface area contributed by atoms with Crippen molar-refractivity contribution >= 4 is 47.2 Å². The summed E-state index contributed by atoms with van der Waals surface area (Å²) in [6.45, 7) is 3.18. The summed E-state index contributed by atoms with van der Waals surface area (Å²) in [7, 11) is 1.29. The van der Waals surface area contributed by atoms with Gasteiger partial charge in [0, 0.05) is 11.3 Å². The van der Waals surface area contributed by atoms with Crippen molar-refractivity contribution in [2.75, 3.05) is 7.11 Å². The first-order chi connectivity index (χ1) is 14.3. The van der Waals surface area contributed by atoms with Crippen molar-refractivity contribution in [2.45, 2.75) is 29.5 Å². The Balaban J connectivity index is 1.70. The highest BCUT2D eigenvalue weighted by molar-refractivity contribution is 8.00. The minimum Gasteiger partial charge on any atom is -0.467 e. The molecule has 0 unspecified atom stereocenters. The third-order valence-corrected chi connectivity index (χ3v) is 6.67. The summed E-state index contributed by atoms with van der Waals surface area (Å²) >= 11 is 8.54. The second kappa shape index (κ2) is 9.55. The van der Waals surface area contributed by atoms with Gasteiger partial charge in [0.25, 0.3) is 5.91 Å². The number of benzene rings is 2. The third-order valence-electron chi connectivity index (χ3n) is 4.23. The molecule has 0 atom stereocenters. The Hall–Kier alpha value is -2.49. The van der Waals surface area contributed by atoms with E-state index in [1.165, 1.54) is 24.0 Å². The van der Waals surface area contributed by atoms with Gasteiger partial charge in [-0.15, -0.1) is 5.10 Å². The molecule has 0 spiro atoms. The number of ether oxygens (including phenoxy) is 1. The van der Waals surface area contributed by atoms with Crippen molar-refractivity contribution in [3.05, 3.63) is 69.7 Å². The number of amides is 1. The zero-order chi connectivity index (χ0) is 21.7. The molecular formula is C21H21N3O3S3. The van der Waals surface area contributed by atoms with Crippen LogP contribution in [0.2, 0.25) is 0 Å². The first-order valence-electron chi connectivity index (χ1n) is 9.08. The van der Waals surface area contributed by atoms with E-state index in [1.54, 1.807) is 54.6 Å². The Labute approximate surface area is 188 Å². The van der Waals surface area contributed by atoms with Crippen LogP contribution in [0.25, 0.3) is 5.69 Å². The van der Waals surface area contributed by atoms with Crippen molar-refractivity contribution in [3.63, 3.8) is 0 Å². The highest BCUT2D eigenvalue weighted by Gasteiger charge is 2.30. The van der Waals surface area contributed by atoms with Crippen molar-refractivity contribution < 1.29 is 14.3 Å². The fourth-order valence-corrected chi connectivity index (χ4v) is 4.93. The summed E-state index contributed by atoms with van der Waals surface area (Å²) in [4.78, 5) is 24.2. The van der Waals surface area contributed by atoms with Crippen LogP contribution in [0.4, 0.5) is 0 Å². The molecule has 0 fully saturated rings. The second-order valence-electron chi connectivity index (χ2n) is 6.94. The first kappa shape index (κ1) is 22.2. The normalized spacial score (nSPS) is 11.2. The third kappa shape index (κ3) is 5.35. The average molecular weight is 460 g/mol. The van der Waals surface area contributed by atoms with Crippen molar-refractivity contribution in [3.8, 4) is 5.69 Å². The van der Waals surface area contributed by atoms with E-state index < -0.39 is 11.5 Å². The standard InChI is InChI=1S/C21H21N3O3S3/c1-21(2,18(26)27-3)22-17(25)15-9-11-16(12-10-15)24-20(28)30-19(23-24)29-13-14-7-5-4-6-8-14/h4-12H,13H2,1-3H3,(H,22,25). The van der Waals surface area contributed by atoms with E-state index in [-0.39, 0.29) is 5.91 Å². The number of thioether (sulfide) groups is 1. The van der Waals surface area contributed by atoms with Gasteiger partial charge in [-0.1, -0.05) is 53.4 Å². The summed E-state index contributed by atoms with van der Waals surface area (Å²) in [5.74, 6) is -0.0576. The van der Waals surface area contributed by atoms with Gasteiger partial charge in [-0.05, 0) is 55.9 Å². The molecule has 9 heteroatoms. The minimum absolute atomic E-state index is 0.363. The maximum atomic E-state index is 12.5. The number of hydrogen-bond acceptors (Lipinski definition) is 7. The van der Waals surface area contributed by atoms with Crippen LogP contribution in [0.15, 0.2) is 58.9 Å². The fourth-order valence-electron chi connectivity index (χ4n) is 2.62. The van der Waals surface area contributed by atoms with Gasteiger partial charge in [-0.25, -0.2) is 9.48 Å². The van der Waals surface area contributed by atoms with Gasteiger partial charge in [0.2, 0.25) is 0 Å². The van der Waals surface area contributed by atoms with Gasteiger partial charge >= 0.3 is 5.97 Å². The van der Waals surface area contributed by atoms with E-state index in [1.807, 2.05) is 18.2 Å². The molecule has 0 bridgehead atoms. The van der Waals surface area contributed by atoms with Gasteiger partial charge in [0.15, 0.2) is 8.29 Å². The Kier molecular flexibility index (Phi) is 7.06. The molecule has 1 heterocycles. The smallest absolute Gasteiger partial charge is 0.330 e. The number of esters is 1. The molecule has 156 valence electrons. The fraction of sp³-hybridized carbons (Fsp3) is 0.238. The quantitative estimate of drug-likeness (QED) is 0.315. The average Bonchev–Trinajstić information content (AvgIpc) is 3.12. The molecule has 0 aliphatic carbocycles. The van der Waals surface area contributed by atoms with Crippen LogP contribution in [0.3, 0.4) is 0 Å². The number of carbonyl (C=O) groups excluding carboxylic acids is 2. The largest absolute Gasteiger partial charge is 0.467 e. The van der Waals surface area contributed by atoms with Crippen molar-refractivity contribution in [1.82, 2.24) is 15.1 Å². The Morgan fingerprint density at radius 2 is 1.83 bits per heavy atom. The van der Waals surface area contributed by atoms with E-state index in [0.29, 0.717) is 9.52 Å². The van der Waals surface area contributed by atoms with Gasteiger partial charge in [-0.2, -0.15) is 0 Å². The van der Waals surface area contributed by atoms with Gasteiger partial charge in [-0.3, -0.25) is 4.79 Å². The molecule has 2 aromatic carbocycles. The topological polar surface area (TPSA) is 73.2 Å². The highest BCUT2D eigenvalue weighted by atomic mass is 32.2. The first-order valence-corrected chi connectivity index (χ1v) is 11.3. The maximum absolute atomic E-state index is 12.5. The molecular weight excluding hydrogens is 438 g/mol. The Morgan fingerprint density at radius 3 is 2.47 bits per heavy atom. The molecule has 3 aromatic rings. The van der Waals surface area contributed by atoms with Crippen molar-refractivity contribution in [1.29, 1.82) is 0 Å². The summed E-state index contributed by atoms with van der Waals surface area (Å²) < 4.78 is 7.92. The lowest BCUT2D eigenvalue weighted by molar-refractivity contribution is -0.146. The number of aromatic nitrogens is 2. The molecule has 0 radical (unpaired) electrons. The maximum Gasteiger partial charge on any atom is 0.330 e. The number of methoxy groups -OCH3 is 1. The van der Waals surface area contributed by atoms with Crippen LogP contribution in [0, 0.1) is 3.95 Å². The van der Waals surface area contributed by atoms with Crippen LogP contribution in [0.1, 0.15) is 29.8 Å². The molecule has 30 heavy (non-hydrogen) atoms. The lowest BCUT2D eigenvalue weighted by Gasteiger charge is -2.23. The van der Waals surface area contributed by atoms with Gasteiger partial charge < -0.3 is 10.1 Å². The Bertz CT molecular complexity index is 1090. The molecule has 6 nitrogen and oxygen atoms in total. The van der Waals surface area contributed by atoms with E-state index >= 15 is 0 Å². The lowest BCUT2D eigenvalue weighted by Crippen LogP contribution is -2.50. The van der Waals surface area contributed by atoms with Crippen LogP contribution in [0.5, 0.6) is 0 Å². The van der Waals surface area contributed by atoms with Crippen LogP contribution < -0.4 is 5.32 Å². The summed E-state index contributed by atoms with van der Waals surface area (Å²) in [6.07, 6.45) is 0. The van der Waals surface area contributed by atoms with E-state index in [9.17, 15) is 9.59 Å². The SMILES string of the molecule is COC(=O)C(C)(C)NC(=O)c1ccc(-n2nc(SCc3ccccc3)sc2=S)cc1. The number of carbonyl (C=O) groups is 2. The molecule has 1 N–H and O–H groups in total. The molecule has 0 aliphatic rings. The van der Waals surface area contributed by atoms with Gasteiger partial charge in [0.05, 0.1) is 12.8 Å². The second-order valence-corrected chi connectivity index (χ2v) is 9.78.